The third-order valence-corrected chi connectivity index (χ3v) is 23.0. The summed E-state index contributed by atoms with van der Waals surface area (Å²) >= 11 is 0. The quantitative estimate of drug-likeness (QED) is 0.145. The number of fused-ring (bicyclic) bond motifs is 2. The monoisotopic (exact) mass is 858 g/mol. The summed E-state index contributed by atoms with van der Waals surface area (Å²) in [5, 5.41) is 15.3. The molecule has 0 bridgehead atoms. The van der Waals surface area contributed by atoms with E-state index in [4.69, 9.17) is 32.5 Å². The number of rotatable bonds is 11. The van der Waals surface area contributed by atoms with Crippen molar-refractivity contribution >= 4 is 37.4 Å². The number of hydrogen-bond donors (Lipinski definition) is 1. The van der Waals surface area contributed by atoms with Crippen LogP contribution in [0.4, 0.5) is 0 Å². The zero-order valence-corrected chi connectivity index (χ0v) is 38.4. The Morgan fingerprint density at radius 3 is 1.18 bits per heavy atom. The van der Waals surface area contributed by atoms with Crippen molar-refractivity contribution in [2.75, 3.05) is 26.4 Å². The number of benzene rings is 5. The maximum atomic E-state index is 10.4. The van der Waals surface area contributed by atoms with Crippen molar-refractivity contribution in [1.82, 2.24) is 0 Å². The molecule has 0 radical (unpaired) electrons. The van der Waals surface area contributed by atoms with Crippen LogP contribution in [0.3, 0.4) is 0 Å². The minimum atomic E-state index is -2.68. The molecule has 0 aromatic heterocycles. The van der Waals surface area contributed by atoms with E-state index < -0.39 is 22.7 Å². The topological polar surface area (TPSA) is 84.8 Å². The predicted octanol–water partition coefficient (Wildman–Crippen LogP) is 6.81. The molecule has 4 saturated heterocycles. The normalized spacial score (nSPS) is 26.3. The second-order valence-electron chi connectivity index (χ2n) is 18.8. The van der Waals surface area contributed by atoms with Gasteiger partial charge in [-0.05, 0) is 36.4 Å². The lowest BCUT2D eigenvalue weighted by molar-refractivity contribution is -0.0915. The fraction of sp³-hybridized carbons (Fsp3) is 0.412. The molecule has 0 saturated carbocycles. The maximum absolute atomic E-state index is 10.4. The van der Waals surface area contributed by atoms with Gasteiger partial charge in [0.15, 0.2) is 12.6 Å². The first-order valence-corrected chi connectivity index (χ1v) is 25.6. The molecule has 4 aliphatic rings. The number of ether oxygens (including phenoxy) is 5. The highest BCUT2D eigenvalue weighted by molar-refractivity contribution is 7.00. The zero-order valence-electron chi connectivity index (χ0n) is 36.4. The van der Waals surface area contributed by atoms with Crippen molar-refractivity contribution in [2.24, 2.45) is 11.8 Å². The maximum Gasteiger partial charge on any atom is 0.261 e. The van der Waals surface area contributed by atoms with E-state index in [1.165, 1.54) is 20.7 Å². The second kappa shape index (κ2) is 18.5. The third kappa shape index (κ3) is 8.78. The van der Waals surface area contributed by atoms with Crippen LogP contribution in [0.15, 0.2) is 152 Å². The molecular weight excluding hydrogens is 797 g/mol. The van der Waals surface area contributed by atoms with Gasteiger partial charge in [-0.15, -0.1) is 0 Å². The van der Waals surface area contributed by atoms with Gasteiger partial charge in [-0.2, -0.15) is 0 Å². The van der Waals surface area contributed by atoms with Crippen molar-refractivity contribution in [3.63, 3.8) is 0 Å². The van der Waals surface area contributed by atoms with Gasteiger partial charge in [-0.3, -0.25) is 0 Å². The summed E-state index contributed by atoms with van der Waals surface area (Å²) in [5.41, 5.74) is 1.16. The first-order valence-electron chi connectivity index (χ1n) is 21.8. The van der Waals surface area contributed by atoms with Crippen molar-refractivity contribution in [3.05, 3.63) is 157 Å². The summed E-state index contributed by atoms with van der Waals surface area (Å²) in [4.78, 5) is 0. The Bertz CT molecular complexity index is 2040. The van der Waals surface area contributed by atoms with E-state index in [-0.39, 0.29) is 52.8 Å². The average molecular weight is 859 g/mol. The first kappa shape index (κ1) is 43.8. The molecule has 9 rings (SSSR count). The molecule has 10 heteroatoms. The molecule has 4 aliphatic heterocycles. The summed E-state index contributed by atoms with van der Waals surface area (Å²) in [6.45, 7) is 16.1. The SMILES string of the molecule is CC(C)(C)[Si](O[C@H]1CO[C@H]2OC[C@H](O)[C@H]21)(c1ccccc1)c1ccccc1.CC(C)(C)[Si](O[C@H]1CO[C@H]2OC[C@H](OCc3ccccc3)[C@H]21)(c1ccccc1)c1ccccc1. The molecule has 61 heavy (non-hydrogen) atoms. The van der Waals surface area contributed by atoms with Gasteiger partial charge in [0.1, 0.15) is 0 Å². The molecule has 8 nitrogen and oxygen atoms in total. The molecule has 0 unspecified atom stereocenters. The van der Waals surface area contributed by atoms with E-state index >= 15 is 0 Å². The van der Waals surface area contributed by atoms with Gasteiger partial charge in [0.25, 0.3) is 16.6 Å². The Balaban J connectivity index is 0.000000173. The van der Waals surface area contributed by atoms with Crippen LogP contribution in [-0.2, 0) is 39.1 Å². The molecule has 4 fully saturated rings. The van der Waals surface area contributed by atoms with Crippen molar-refractivity contribution in [3.8, 4) is 0 Å². The molecule has 322 valence electrons. The van der Waals surface area contributed by atoms with Crippen molar-refractivity contribution in [1.29, 1.82) is 0 Å². The Kier molecular flexibility index (Phi) is 13.3. The van der Waals surface area contributed by atoms with Crippen LogP contribution in [0.25, 0.3) is 0 Å². The van der Waals surface area contributed by atoms with E-state index in [0.717, 1.165) is 5.56 Å². The molecule has 4 heterocycles. The number of aliphatic hydroxyl groups is 1. The van der Waals surface area contributed by atoms with E-state index in [2.05, 4.69) is 163 Å². The van der Waals surface area contributed by atoms with Crippen LogP contribution < -0.4 is 20.7 Å². The third-order valence-electron chi connectivity index (χ3n) is 12.9. The van der Waals surface area contributed by atoms with Crippen molar-refractivity contribution < 1.29 is 37.6 Å². The fourth-order valence-electron chi connectivity index (χ4n) is 9.94. The number of aliphatic hydroxyl groups excluding tert-OH is 1. The van der Waals surface area contributed by atoms with E-state index in [1.54, 1.807) is 0 Å². The van der Waals surface area contributed by atoms with Gasteiger partial charge in [0, 0.05) is 0 Å². The molecule has 0 amide bonds. The summed E-state index contributed by atoms with van der Waals surface area (Å²) in [6.07, 6.45) is -1.51. The van der Waals surface area contributed by atoms with Gasteiger partial charge >= 0.3 is 0 Å². The second-order valence-corrected chi connectivity index (χ2v) is 27.3. The molecular formula is C51H62O8Si2. The van der Waals surface area contributed by atoms with E-state index in [1.807, 2.05) is 30.3 Å². The zero-order chi connectivity index (χ0) is 42.7. The molecule has 0 aliphatic carbocycles. The highest BCUT2D eigenvalue weighted by Gasteiger charge is 2.58. The lowest BCUT2D eigenvalue weighted by Crippen LogP contribution is -2.68. The molecule has 5 aromatic carbocycles. The lowest BCUT2D eigenvalue weighted by atomic mass is 10.0. The van der Waals surface area contributed by atoms with Crippen LogP contribution in [0.5, 0.6) is 0 Å². The van der Waals surface area contributed by atoms with Crippen molar-refractivity contribution in [2.45, 2.75) is 95.2 Å². The van der Waals surface area contributed by atoms with Gasteiger partial charge in [-0.25, -0.2) is 0 Å². The Hall–Kier alpha value is -3.79. The molecule has 8 atom stereocenters. The summed E-state index contributed by atoms with van der Waals surface area (Å²) in [5.74, 6) is -0.0861. The largest absolute Gasteiger partial charge is 0.402 e. The average Bonchev–Trinajstić information content (AvgIpc) is 4.07. The highest BCUT2D eigenvalue weighted by Crippen LogP contribution is 2.44. The van der Waals surface area contributed by atoms with Crippen LogP contribution in [0.2, 0.25) is 10.1 Å². The van der Waals surface area contributed by atoms with Gasteiger partial charge in [0.2, 0.25) is 0 Å². The summed E-state index contributed by atoms with van der Waals surface area (Å²) < 4.78 is 44.4. The predicted molar refractivity (Wildman–Crippen MR) is 244 cm³/mol. The van der Waals surface area contributed by atoms with Crippen LogP contribution in [-0.4, -0.2) is 85.2 Å². The van der Waals surface area contributed by atoms with Gasteiger partial charge < -0.3 is 37.6 Å². The molecule has 1 N–H and O–H groups in total. The van der Waals surface area contributed by atoms with Crippen LogP contribution >= 0.6 is 0 Å². The highest BCUT2D eigenvalue weighted by atomic mass is 28.4. The minimum Gasteiger partial charge on any atom is -0.402 e. The first-order chi connectivity index (χ1) is 29.4. The van der Waals surface area contributed by atoms with Crippen LogP contribution in [0.1, 0.15) is 47.1 Å². The Morgan fingerprint density at radius 2 is 0.787 bits per heavy atom. The fourth-order valence-corrected chi connectivity index (χ4v) is 19.3. The van der Waals surface area contributed by atoms with E-state index in [9.17, 15) is 5.11 Å². The van der Waals surface area contributed by atoms with Gasteiger partial charge in [-0.1, -0.05) is 193 Å². The van der Waals surface area contributed by atoms with Gasteiger partial charge in [0.05, 0.1) is 69.3 Å². The smallest absolute Gasteiger partial charge is 0.261 e. The molecule has 5 aromatic rings. The number of hydrogen-bond acceptors (Lipinski definition) is 8. The Morgan fingerprint density at radius 1 is 0.459 bits per heavy atom. The summed E-state index contributed by atoms with van der Waals surface area (Å²) in [7, 11) is -5.33. The van der Waals surface area contributed by atoms with E-state index in [0.29, 0.717) is 33.0 Å². The Labute approximate surface area is 364 Å². The molecule has 0 spiro atoms. The van der Waals surface area contributed by atoms with Crippen LogP contribution in [0, 0.1) is 11.8 Å². The minimum absolute atomic E-state index is 0.0466. The lowest BCUT2D eigenvalue weighted by Gasteiger charge is -2.45. The summed E-state index contributed by atoms with van der Waals surface area (Å²) in [6, 6.07) is 52.9. The standard InChI is InChI=1S/C29H34O4Si.C22H28O4Si/c1-29(2,3)34(23-15-9-5-10-16-23,24-17-11-6-12-18-24)33-26-21-32-28-27(26)25(20-31-28)30-19-22-13-7-4-8-14-22;1-22(2,3)27(16-10-6-4-7-11-16,17-12-8-5-9-13-17)26-19-15-25-21-20(19)18(23)14-24-21/h4-18,25-28H,19-21H2,1-3H3;4-13,18-21,23H,14-15H2,1-3H3/t25-,26-,27-,28+;18-,19-,20-,21+/m00/s1.